The summed E-state index contributed by atoms with van der Waals surface area (Å²) in [7, 11) is 1.65. The van der Waals surface area contributed by atoms with Gasteiger partial charge in [-0.25, -0.2) is 0 Å². The highest BCUT2D eigenvalue weighted by atomic mass is 16.5. The molecule has 1 unspecified atom stereocenters. The van der Waals surface area contributed by atoms with Crippen LogP contribution in [-0.4, -0.2) is 19.1 Å². The summed E-state index contributed by atoms with van der Waals surface area (Å²) in [4.78, 5) is 12.4. The van der Waals surface area contributed by atoms with Gasteiger partial charge in [0, 0.05) is 6.04 Å². The van der Waals surface area contributed by atoms with Gasteiger partial charge in [0.05, 0.1) is 19.2 Å². The molecule has 23 heavy (non-hydrogen) atoms. The molecule has 0 saturated carbocycles. The predicted octanol–water partition coefficient (Wildman–Crippen LogP) is 2.74. The molecule has 5 heteroatoms. The van der Waals surface area contributed by atoms with E-state index in [9.17, 15) is 4.79 Å². The van der Waals surface area contributed by atoms with E-state index in [2.05, 4.69) is 19.2 Å². The van der Waals surface area contributed by atoms with Crippen LogP contribution in [0.3, 0.4) is 0 Å². The minimum Gasteiger partial charge on any atom is -0.496 e. The number of hydrogen-bond acceptors (Lipinski definition) is 4. The van der Waals surface area contributed by atoms with E-state index < -0.39 is 0 Å². The monoisotopic (exact) mass is 316 g/mol. The van der Waals surface area contributed by atoms with E-state index >= 15 is 0 Å². The fourth-order valence-electron chi connectivity index (χ4n) is 2.42. The van der Waals surface area contributed by atoms with Gasteiger partial charge in [-0.2, -0.15) is 0 Å². The van der Waals surface area contributed by atoms with Crippen LogP contribution < -0.4 is 15.8 Å². The first-order valence-electron chi connectivity index (χ1n) is 7.75. The Hall–Kier alpha value is -2.27. The van der Waals surface area contributed by atoms with Crippen LogP contribution in [0, 0.1) is 5.92 Å². The van der Waals surface area contributed by atoms with Crippen molar-refractivity contribution in [1.82, 2.24) is 5.32 Å². The number of benzene rings is 1. The van der Waals surface area contributed by atoms with E-state index in [0.717, 1.165) is 11.3 Å². The van der Waals surface area contributed by atoms with Crippen LogP contribution in [0.25, 0.3) is 0 Å². The average Bonchev–Trinajstić information content (AvgIpc) is 3.03. The second-order valence-corrected chi connectivity index (χ2v) is 5.85. The summed E-state index contributed by atoms with van der Waals surface area (Å²) in [5, 5.41) is 3.07. The first-order valence-corrected chi connectivity index (χ1v) is 7.75. The molecule has 0 fully saturated rings. The molecule has 0 bridgehead atoms. The largest absolute Gasteiger partial charge is 0.496 e. The minimum absolute atomic E-state index is 0.00461. The Labute approximate surface area is 136 Å². The quantitative estimate of drug-likeness (QED) is 0.823. The fraction of sp³-hybridized carbons (Fsp3) is 0.389. The molecule has 3 N–H and O–H groups in total. The molecule has 0 aliphatic heterocycles. The number of hydrogen-bond donors (Lipinski definition) is 2. The normalized spacial score (nSPS) is 12.2. The molecular weight excluding hydrogens is 292 g/mol. The summed E-state index contributed by atoms with van der Waals surface area (Å²) >= 11 is 0. The lowest BCUT2D eigenvalue weighted by atomic mass is 9.95. The predicted molar refractivity (Wildman–Crippen MR) is 89.4 cm³/mol. The van der Waals surface area contributed by atoms with Crippen molar-refractivity contribution in [1.29, 1.82) is 0 Å². The first kappa shape index (κ1) is 17.1. The van der Waals surface area contributed by atoms with E-state index in [0.29, 0.717) is 17.7 Å². The van der Waals surface area contributed by atoms with Crippen molar-refractivity contribution in [2.45, 2.75) is 32.9 Å². The van der Waals surface area contributed by atoms with Crippen molar-refractivity contribution in [2.24, 2.45) is 11.7 Å². The number of rotatable bonds is 7. The van der Waals surface area contributed by atoms with Gasteiger partial charge in [-0.1, -0.05) is 32.0 Å². The number of furan rings is 1. The van der Waals surface area contributed by atoms with Crippen LogP contribution in [0.5, 0.6) is 5.75 Å². The Kier molecular flexibility index (Phi) is 5.82. The van der Waals surface area contributed by atoms with Gasteiger partial charge in [0.15, 0.2) is 0 Å². The van der Waals surface area contributed by atoms with Gasteiger partial charge in [-0.3, -0.25) is 4.79 Å². The second-order valence-electron chi connectivity index (χ2n) is 5.85. The van der Waals surface area contributed by atoms with Crippen molar-refractivity contribution < 1.29 is 13.9 Å². The van der Waals surface area contributed by atoms with Crippen molar-refractivity contribution in [3.63, 3.8) is 0 Å². The van der Waals surface area contributed by atoms with E-state index in [1.165, 1.54) is 6.26 Å². The lowest BCUT2D eigenvalue weighted by Crippen LogP contribution is -2.40. The number of para-hydroxylation sites is 1. The molecule has 2 rings (SSSR count). The minimum atomic E-state index is -0.151. The number of nitrogens with two attached hydrogens (primary N) is 1. The lowest BCUT2D eigenvalue weighted by molar-refractivity contribution is 0.0925. The molecule has 124 valence electrons. The number of ether oxygens (including phenoxy) is 1. The van der Waals surface area contributed by atoms with Gasteiger partial charge in [0.25, 0.3) is 5.91 Å². The zero-order chi connectivity index (χ0) is 16.8. The van der Waals surface area contributed by atoms with Crippen LogP contribution in [0.2, 0.25) is 0 Å². The van der Waals surface area contributed by atoms with E-state index in [1.807, 2.05) is 24.3 Å². The number of methoxy groups -OCH3 is 1. The van der Waals surface area contributed by atoms with E-state index in [-0.39, 0.29) is 24.4 Å². The zero-order valence-electron chi connectivity index (χ0n) is 13.8. The highest BCUT2D eigenvalue weighted by Gasteiger charge is 2.20. The van der Waals surface area contributed by atoms with Gasteiger partial charge in [-0.05, 0) is 30.0 Å². The Bertz CT molecular complexity index is 649. The maximum atomic E-state index is 12.4. The number of amides is 1. The third-order valence-corrected chi connectivity index (χ3v) is 3.87. The van der Waals surface area contributed by atoms with Gasteiger partial charge in [0.2, 0.25) is 0 Å². The third-order valence-electron chi connectivity index (χ3n) is 3.87. The van der Waals surface area contributed by atoms with Crippen molar-refractivity contribution in [3.8, 4) is 5.75 Å². The SMILES string of the molecule is COc1ccccc1CC(NC(=O)c1coc(CN)c1)C(C)C. The van der Waals surface area contributed by atoms with Gasteiger partial charge in [0.1, 0.15) is 17.8 Å². The summed E-state index contributed by atoms with van der Waals surface area (Å²) in [6.45, 7) is 4.45. The molecule has 1 atom stereocenters. The number of carbonyl (C=O) groups excluding carboxylic acids is 1. The molecule has 0 aliphatic rings. The molecular formula is C18H24N2O3. The molecule has 1 heterocycles. The van der Waals surface area contributed by atoms with Crippen molar-refractivity contribution in [3.05, 3.63) is 53.5 Å². The zero-order valence-corrected chi connectivity index (χ0v) is 13.8. The maximum Gasteiger partial charge on any atom is 0.254 e. The van der Waals surface area contributed by atoms with E-state index in [4.69, 9.17) is 14.9 Å². The molecule has 0 aliphatic carbocycles. The van der Waals surface area contributed by atoms with Crippen LogP contribution in [0.15, 0.2) is 41.0 Å². The summed E-state index contributed by atoms with van der Waals surface area (Å²) in [6, 6.07) is 9.53. The van der Waals surface area contributed by atoms with Gasteiger partial charge in [-0.15, -0.1) is 0 Å². The fourth-order valence-corrected chi connectivity index (χ4v) is 2.42. The summed E-state index contributed by atoms with van der Waals surface area (Å²) < 4.78 is 10.6. The smallest absolute Gasteiger partial charge is 0.254 e. The molecule has 0 saturated heterocycles. The summed E-state index contributed by atoms with van der Waals surface area (Å²) in [6.07, 6.45) is 2.15. The van der Waals surface area contributed by atoms with Crippen LogP contribution in [-0.2, 0) is 13.0 Å². The molecule has 0 radical (unpaired) electrons. The van der Waals surface area contributed by atoms with Crippen LogP contribution in [0.4, 0.5) is 0 Å². The standard InChI is InChI=1S/C18H24N2O3/c1-12(2)16(9-13-6-4-5-7-17(13)22-3)20-18(21)14-8-15(10-19)23-11-14/h4-8,11-12,16H,9-10,19H2,1-3H3,(H,20,21). The van der Waals surface area contributed by atoms with Gasteiger partial charge >= 0.3 is 0 Å². The third kappa shape index (κ3) is 4.36. The lowest BCUT2D eigenvalue weighted by Gasteiger charge is -2.23. The Morgan fingerprint density at radius 2 is 2.09 bits per heavy atom. The highest BCUT2D eigenvalue weighted by Crippen LogP contribution is 2.21. The molecule has 1 aromatic heterocycles. The molecule has 5 nitrogen and oxygen atoms in total. The molecule has 2 aromatic rings. The number of nitrogens with one attached hydrogen (secondary N) is 1. The van der Waals surface area contributed by atoms with Crippen molar-refractivity contribution in [2.75, 3.05) is 7.11 Å². The molecule has 1 aromatic carbocycles. The maximum absolute atomic E-state index is 12.4. The van der Waals surface area contributed by atoms with Gasteiger partial charge < -0.3 is 20.2 Å². The Morgan fingerprint density at radius 1 is 1.35 bits per heavy atom. The summed E-state index contributed by atoms with van der Waals surface area (Å²) in [5.41, 5.74) is 7.08. The Morgan fingerprint density at radius 3 is 2.70 bits per heavy atom. The second kappa shape index (κ2) is 7.83. The highest BCUT2D eigenvalue weighted by molar-refractivity contribution is 5.94. The van der Waals surface area contributed by atoms with E-state index in [1.54, 1.807) is 13.2 Å². The average molecular weight is 316 g/mol. The first-order chi connectivity index (χ1) is 11.0. The molecule has 1 amide bonds. The number of carbonyl (C=O) groups is 1. The Balaban J connectivity index is 2.11. The topological polar surface area (TPSA) is 77.5 Å². The van der Waals surface area contributed by atoms with Crippen LogP contribution in [0.1, 0.15) is 35.5 Å². The summed E-state index contributed by atoms with van der Waals surface area (Å²) in [5.74, 6) is 1.56. The molecule has 0 spiro atoms. The van der Waals surface area contributed by atoms with Crippen molar-refractivity contribution >= 4 is 5.91 Å². The van der Waals surface area contributed by atoms with Crippen LogP contribution >= 0.6 is 0 Å².